The number of carbonyl (C=O) groups excluding carboxylic acids is 1. The van der Waals surface area contributed by atoms with Crippen LogP contribution in [0.3, 0.4) is 0 Å². The zero-order valence-electron chi connectivity index (χ0n) is 14.2. The molecule has 0 aliphatic heterocycles. The third-order valence-electron chi connectivity index (χ3n) is 3.78. The SMILES string of the molecule is COc1ccc(C(=O)NC(CC(C)C)c2cccnc2)c(C)c1. The fourth-order valence-corrected chi connectivity index (χ4v) is 2.59. The summed E-state index contributed by atoms with van der Waals surface area (Å²) in [4.78, 5) is 16.8. The Morgan fingerprint density at radius 2 is 2.09 bits per heavy atom. The molecule has 2 aromatic rings. The number of amides is 1. The van der Waals surface area contributed by atoms with Crippen LogP contribution in [0.5, 0.6) is 5.75 Å². The van der Waals surface area contributed by atoms with Crippen LogP contribution in [-0.2, 0) is 0 Å². The summed E-state index contributed by atoms with van der Waals surface area (Å²) in [5, 5.41) is 3.14. The molecule has 0 saturated heterocycles. The fraction of sp³-hybridized carbons (Fsp3) is 0.368. The van der Waals surface area contributed by atoms with Gasteiger partial charge in [0.05, 0.1) is 13.2 Å². The molecule has 1 atom stereocenters. The highest BCUT2D eigenvalue weighted by Crippen LogP contribution is 2.22. The summed E-state index contributed by atoms with van der Waals surface area (Å²) in [6.45, 7) is 6.21. The predicted octanol–water partition coefficient (Wildman–Crippen LogP) is 3.92. The lowest BCUT2D eigenvalue weighted by Gasteiger charge is -2.21. The zero-order valence-corrected chi connectivity index (χ0v) is 14.2. The first kappa shape index (κ1) is 17.0. The van der Waals surface area contributed by atoms with Gasteiger partial charge in [0.25, 0.3) is 5.91 Å². The summed E-state index contributed by atoms with van der Waals surface area (Å²) in [5.41, 5.74) is 2.60. The molecule has 122 valence electrons. The van der Waals surface area contributed by atoms with Crippen LogP contribution < -0.4 is 10.1 Å². The zero-order chi connectivity index (χ0) is 16.8. The van der Waals surface area contributed by atoms with Gasteiger partial charge in [-0.3, -0.25) is 9.78 Å². The van der Waals surface area contributed by atoms with Crippen LogP contribution in [0, 0.1) is 12.8 Å². The molecule has 4 heteroatoms. The quantitative estimate of drug-likeness (QED) is 0.879. The molecule has 2 rings (SSSR count). The Bertz CT molecular complexity index is 654. The van der Waals surface area contributed by atoms with E-state index in [1.807, 2.05) is 37.4 Å². The van der Waals surface area contributed by atoms with Crippen molar-refractivity contribution in [2.75, 3.05) is 7.11 Å². The number of methoxy groups -OCH3 is 1. The molecule has 1 aromatic carbocycles. The van der Waals surface area contributed by atoms with Crippen LogP contribution in [0.2, 0.25) is 0 Å². The van der Waals surface area contributed by atoms with E-state index in [0.717, 1.165) is 23.3 Å². The molecule has 1 heterocycles. The van der Waals surface area contributed by atoms with E-state index < -0.39 is 0 Å². The first-order valence-corrected chi connectivity index (χ1v) is 7.86. The number of aryl methyl sites for hydroxylation is 1. The second-order valence-corrected chi connectivity index (χ2v) is 6.12. The van der Waals surface area contributed by atoms with Gasteiger partial charge >= 0.3 is 0 Å². The maximum absolute atomic E-state index is 12.7. The van der Waals surface area contributed by atoms with Crippen LogP contribution in [0.15, 0.2) is 42.7 Å². The van der Waals surface area contributed by atoms with E-state index in [1.54, 1.807) is 19.4 Å². The molecule has 0 saturated carbocycles. The summed E-state index contributed by atoms with van der Waals surface area (Å²) in [6, 6.07) is 9.34. The van der Waals surface area contributed by atoms with Gasteiger partial charge in [0.15, 0.2) is 0 Å². The second kappa shape index (κ2) is 7.77. The third kappa shape index (κ3) is 4.55. The Morgan fingerprint density at radius 1 is 1.30 bits per heavy atom. The molecule has 0 spiro atoms. The first-order valence-electron chi connectivity index (χ1n) is 7.86. The average molecular weight is 312 g/mol. The molecule has 0 fully saturated rings. The smallest absolute Gasteiger partial charge is 0.252 e. The number of hydrogen-bond acceptors (Lipinski definition) is 3. The molecule has 1 amide bonds. The van der Waals surface area contributed by atoms with Crippen LogP contribution in [0.25, 0.3) is 0 Å². The van der Waals surface area contributed by atoms with E-state index in [-0.39, 0.29) is 11.9 Å². The Balaban J connectivity index is 2.20. The Morgan fingerprint density at radius 3 is 2.65 bits per heavy atom. The number of carbonyl (C=O) groups is 1. The van der Waals surface area contributed by atoms with Gasteiger partial charge in [-0.05, 0) is 54.7 Å². The Kier molecular flexibility index (Phi) is 5.74. The first-order chi connectivity index (χ1) is 11.0. The highest BCUT2D eigenvalue weighted by atomic mass is 16.5. The van der Waals surface area contributed by atoms with Crippen LogP contribution in [-0.4, -0.2) is 18.0 Å². The molecule has 0 aliphatic carbocycles. The van der Waals surface area contributed by atoms with Crippen molar-refractivity contribution in [1.29, 1.82) is 0 Å². The van der Waals surface area contributed by atoms with E-state index in [9.17, 15) is 4.79 Å². The number of aromatic nitrogens is 1. The van der Waals surface area contributed by atoms with E-state index in [0.29, 0.717) is 11.5 Å². The number of nitrogens with zero attached hydrogens (tertiary/aromatic N) is 1. The van der Waals surface area contributed by atoms with Crippen molar-refractivity contribution in [3.8, 4) is 5.75 Å². The molecule has 0 radical (unpaired) electrons. The maximum atomic E-state index is 12.7. The van der Waals surface area contributed by atoms with Crippen molar-refractivity contribution in [1.82, 2.24) is 10.3 Å². The number of ether oxygens (including phenoxy) is 1. The monoisotopic (exact) mass is 312 g/mol. The standard InChI is InChI=1S/C19H24N2O2/c1-13(2)10-18(15-6-5-9-20-12-15)21-19(22)17-8-7-16(23-4)11-14(17)3/h5-9,11-13,18H,10H2,1-4H3,(H,21,22). The number of nitrogens with one attached hydrogen (secondary N) is 1. The van der Waals surface area contributed by atoms with Gasteiger partial charge in [-0.25, -0.2) is 0 Å². The number of pyridine rings is 1. The molecule has 0 bridgehead atoms. The summed E-state index contributed by atoms with van der Waals surface area (Å²) in [7, 11) is 1.62. The van der Waals surface area contributed by atoms with E-state index in [2.05, 4.69) is 24.1 Å². The highest BCUT2D eigenvalue weighted by molar-refractivity contribution is 5.96. The van der Waals surface area contributed by atoms with Crippen LogP contribution >= 0.6 is 0 Å². The summed E-state index contributed by atoms with van der Waals surface area (Å²) >= 11 is 0. The Labute approximate surface area is 137 Å². The molecule has 1 unspecified atom stereocenters. The molecule has 0 aliphatic rings. The maximum Gasteiger partial charge on any atom is 0.252 e. The topological polar surface area (TPSA) is 51.2 Å². The van der Waals surface area contributed by atoms with Gasteiger partial charge in [0, 0.05) is 18.0 Å². The fourth-order valence-electron chi connectivity index (χ4n) is 2.59. The lowest BCUT2D eigenvalue weighted by Crippen LogP contribution is -2.30. The Hall–Kier alpha value is -2.36. The minimum absolute atomic E-state index is 0.0438. The van der Waals surface area contributed by atoms with E-state index >= 15 is 0 Å². The molecular weight excluding hydrogens is 288 g/mol. The summed E-state index contributed by atoms with van der Waals surface area (Å²) < 4.78 is 5.19. The lowest BCUT2D eigenvalue weighted by atomic mass is 9.97. The molecule has 4 nitrogen and oxygen atoms in total. The molecular formula is C19H24N2O2. The van der Waals surface area contributed by atoms with Crippen LogP contribution in [0.4, 0.5) is 0 Å². The average Bonchev–Trinajstić information content (AvgIpc) is 2.54. The predicted molar refractivity (Wildman–Crippen MR) is 91.6 cm³/mol. The van der Waals surface area contributed by atoms with Gasteiger partial charge in [0.2, 0.25) is 0 Å². The number of hydrogen-bond donors (Lipinski definition) is 1. The highest BCUT2D eigenvalue weighted by Gasteiger charge is 2.18. The van der Waals surface area contributed by atoms with E-state index in [1.165, 1.54) is 0 Å². The lowest BCUT2D eigenvalue weighted by molar-refractivity contribution is 0.0931. The van der Waals surface area contributed by atoms with Crippen molar-refractivity contribution in [3.63, 3.8) is 0 Å². The second-order valence-electron chi connectivity index (χ2n) is 6.12. The van der Waals surface area contributed by atoms with Crippen molar-refractivity contribution in [3.05, 3.63) is 59.4 Å². The molecule has 1 aromatic heterocycles. The van der Waals surface area contributed by atoms with Gasteiger partial charge < -0.3 is 10.1 Å². The largest absolute Gasteiger partial charge is 0.497 e. The van der Waals surface area contributed by atoms with Gasteiger partial charge in [-0.15, -0.1) is 0 Å². The van der Waals surface area contributed by atoms with Crippen molar-refractivity contribution >= 4 is 5.91 Å². The number of benzene rings is 1. The van der Waals surface area contributed by atoms with Gasteiger partial charge in [-0.2, -0.15) is 0 Å². The summed E-state index contributed by atoms with van der Waals surface area (Å²) in [5.74, 6) is 1.15. The normalized spacial score (nSPS) is 12.0. The third-order valence-corrected chi connectivity index (χ3v) is 3.78. The van der Waals surface area contributed by atoms with Gasteiger partial charge in [0.1, 0.15) is 5.75 Å². The molecule has 1 N–H and O–H groups in total. The van der Waals surface area contributed by atoms with Crippen LogP contribution in [0.1, 0.15) is 47.8 Å². The molecule has 23 heavy (non-hydrogen) atoms. The number of rotatable bonds is 6. The van der Waals surface area contributed by atoms with Crippen molar-refractivity contribution in [2.45, 2.75) is 33.2 Å². The minimum atomic E-state index is -0.0698. The van der Waals surface area contributed by atoms with Crippen molar-refractivity contribution < 1.29 is 9.53 Å². The van der Waals surface area contributed by atoms with E-state index in [4.69, 9.17) is 4.74 Å². The summed E-state index contributed by atoms with van der Waals surface area (Å²) in [6.07, 6.45) is 4.42. The van der Waals surface area contributed by atoms with Gasteiger partial charge in [-0.1, -0.05) is 19.9 Å². The van der Waals surface area contributed by atoms with Crippen molar-refractivity contribution in [2.24, 2.45) is 5.92 Å². The minimum Gasteiger partial charge on any atom is -0.497 e.